The number of hydrogen-bond donors (Lipinski definition) is 2. The predicted molar refractivity (Wildman–Crippen MR) is 88.1 cm³/mol. The van der Waals surface area contributed by atoms with Crippen LogP contribution in [0, 0.1) is 0 Å². The van der Waals surface area contributed by atoms with Crippen molar-refractivity contribution < 1.29 is 9.59 Å². The number of benzene rings is 2. The van der Waals surface area contributed by atoms with Gasteiger partial charge in [0.2, 0.25) is 0 Å². The van der Waals surface area contributed by atoms with E-state index in [1.807, 2.05) is 26.0 Å². The summed E-state index contributed by atoms with van der Waals surface area (Å²) in [7, 11) is 0. The Morgan fingerprint density at radius 1 is 0.682 bits per heavy atom. The van der Waals surface area contributed by atoms with Crippen molar-refractivity contribution in [3.63, 3.8) is 0 Å². The molecule has 1 aliphatic rings. The number of carbonyl (C=O) groups is 2. The van der Waals surface area contributed by atoms with Gasteiger partial charge in [-0.05, 0) is 50.2 Å². The first-order valence-electron chi connectivity index (χ1n) is 7.51. The van der Waals surface area contributed by atoms with Crippen molar-refractivity contribution in [1.82, 2.24) is 0 Å². The van der Waals surface area contributed by atoms with Gasteiger partial charge in [-0.15, -0.1) is 0 Å². The van der Waals surface area contributed by atoms with Crippen LogP contribution in [0.25, 0.3) is 0 Å². The Bertz CT molecular complexity index is 700. The van der Waals surface area contributed by atoms with Crippen LogP contribution in [0.3, 0.4) is 0 Å². The van der Waals surface area contributed by atoms with E-state index in [2.05, 4.69) is 10.6 Å². The molecular weight excluding hydrogens is 276 g/mol. The zero-order chi connectivity index (χ0) is 15.7. The van der Waals surface area contributed by atoms with Gasteiger partial charge in [-0.1, -0.05) is 0 Å². The monoisotopic (exact) mass is 294 g/mol. The first-order valence-corrected chi connectivity index (χ1v) is 7.51. The van der Waals surface area contributed by atoms with E-state index in [4.69, 9.17) is 0 Å². The van der Waals surface area contributed by atoms with Gasteiger partial charge in [0.1, 0.15) is 0 Å². The van der Waals surface area contributed by atoms with Gasteiger partial charge in [-0.25, -0.2) is 0 Å². The highest BCUT2D eigenvalue weighted by Gasteiger charge is 2.29. The van der Waals surface area contributed by atoms with Crippen LogP contribution in [0.1, 0.15) is 45.7 Å². The highest BCUT2D eigenvalue weighted by molar-refractivity contribution is 6.28. The Kier molecular flexibility index (Phi) is 3.67. The lowest BCUT2D eigenvalue weighted by molar-refractivity contribution is 0.0979. The first-order chi connectivity index (χ1) is 10.7. The van der Waals surface area contributed by atoms with Gasteiger partial charge in [-0.3, -0.25) is 9.59 Å². The summed E-state index contributed by atoms with van der Waals surface area (Å²) >= 11 is 0. The maximum atomic E-state index is 12.7. The smallest absolute Gasteiger partial charge is 0.194 e. The maximum Gasteiger partial charge on any atom is 0.194 e. The highest BCUT2D eigenvalue weighted by atomic mass is 16.1. The largest absolute Gasteiger partial charge is 0.385 e. The molecule has 0 amide bonds. The Hall–Kier alpha value is -2.62. The van der Waals surface area contributed by atoms with E-state index in [1.54, 1.807) is 24.3 Å². The molecule has 2 aromatic rings. The summed E-state index contributed by atoms with van der Waals surface area (Å²) in [5.41, 5.74) is 3.63. The zero-order valence-electron chi connectivity index (χ0n) is 12.7. The lowest BCUT2D eigenvalue weighted by atomic mass is 9.83. The van der Waals surface area contributed by atoms with E-state index in [1.165, 1.54) is 0 Å². The molecule has 0 spiro atoms. The summed E-state index contributed by atoms with van der Waals surface area (Å²) < 4.78 is 0. The molecule has 4 nitrogen and oxygen atoms in total. The molecule has 0 heterocycles. The van der Waals surface area contributed by atoms with E-state index in [0.29, 0.717) is 22.3 Å². The van der Waals surface area contributed by atoms with E-state index < -0.39 is 0 Å². The number of fused-ring (bicyclic) bond motifs is 2. The quantitative estimate of drug-likeness (QED) is 0.775. The zero-order valence-corrected chi connectivity index (χ0v) is 12.7. The predicted octanol–water partition coefficient (Wildman–Crippen LogP) is 3.33. The van der Waals surface area contributed by atoms with Crippen molar-refractivity contribution in [2.24, 2.45) is 0 Å². The van der Waals surface area contributed by atoms with Crippen molar-refractivity contribution >= 4 is 22.9 Å². The van der Waals surface area contributed by atoms with Crippen LogP contribution >= 0.6 is 0 Å². The molecule has 22 heavy (non-hydrogen) atoms. The van der Waals surface area contributed by atoms with Gasteiger partial charge in [0, 0.05) is 46.7 Å². The SMILES string of the molecule is CCNc1ccc2c(c1)C(=O)c1ccc(NCC)cc1C2=O. The van der Waals surface area contributed by atoms with Crippen molar-refractivity contribution in [2.75, 3.05) is 23.7 Å². The Labute approximate surface area is 129 Å². The molecular formula is C18H18N2O2. The maximum absolute atomic E-state index is 12.7. The third kappa shape index (κ3) is 2.26. The normalized spacial score (nSPS) is 12.6. The van der Waals surface area contributed by atoms with E-state index in [-0.39, 0.29) is 11.6 Å². The molecule has 112 valence electrons. The summed E-state index contributed by atoms with van der Waals surface area (Å²) in [6.45, 7) is 5.51. The number of nitrogens with one attached hydrogen (secondary N) is 2. The second-order valence-electron chi connectivity index (χ2n) is 5.24. The molecule has 3 rings (SSSR count). The van der Waals surface area contributed by atoms with E-state index in [9.17, 15) is 9.59 Å². The molecule has 0 saturated heterocycles. The fraction of sp³-hybridized carbons (Fsp3) is 0.222. The number of carbonyl (C=O) groups excluding carboxylic acids is 2. The van der Waals surface area contributed by atoms with Crippen LogP contribution < -0.4 is 10.6 Å². The molecule has 0 fully saturated rings. The van der Waals surface area contributed by atoms with Crippen molar-refractivity contribution in [3.05, 3.63) is 58.7 Å². The second kappa shape index (κ2) is 5.64. The Morgan fingerprint density at radius 2 is 1.09 bits per heavy atom. The fourth-order valence-electron chi connectivity index (χ4n) is 2.78. The molecule has 0 atom stereocenters. The molecule has 2 N–H and O–H groups in total. The summed E-state index contributed by atoms with van der Waals surface area (Å²) in [5, 5.41) is 6.34. The molecule has 4 heteroatoms. The van der Waals surface area contributed by atoms with Crippen molar-refractivity contribution in [1.29, 1.82) is 0 Å². The van der Waals surface area contributed by atoms with Crippen LogP contribution in [-0.4, -0.2) is 24.7 Å². The summed E-state index contributed by atoms with van der Waals surface area (Å²) in [6.07, 6.45) is 0. The van der Waals surface area contributed by atoms with Gasteiger partial charge in [-0.2, -0.15) is 0 Å². The number of hydrogen-bond acceptors (Lipinski definition) is 4. The van der Waals surface area contributed by atoms with E-state index in [0.717, 1.165) is 24.5 Å². The van der Waals surface area contributed by atoms with Gasteiger partial charge in [0.25, 0.3) is 0 Å². The minimum Gasteiger partial charge on any atom is -0.385 e. The topological polar surface area (TPSA) is 58.2 Å². The lowest BCUT2D eigenvalue weighted by Crippen LogP contribution is -2.21. The summed E-state index contributed by atoms with van der Waals surface area (Å²) in [6, 6.07) is 10.7. The Balaban J connectivity index is 2.10. The minimum atomic E-state index is -0.0904. The lowest BCUT2D eigenvalue weighted by Gasteiger charge is -2.19. The van der Waals surface area contributed by atoms with Gasteiger partial charge < -0.3 is 10.6 Å². The van der Waals surface area contributed by atoms with Gasteiger partial charge >= 0.3 is 0 Å². The molecule has 0 aromatic heterocycles. The molecule has 0 bridgehead atoms. The van der Waals surface area contributed by atoms with Crippen molar-refractivity contribution in [3.8, 4) is 0 Å². The second-order valence-corrected chi connectivity index (χ2v) is 5.24. The average molecular weight is 294 g/mol. The van der Waals surface area contributed by atoms with Crippen molar-refractivity contribution in [2.45, 2.75) is 13.8 Å². The molecule has 2 aromatic carbocycles. The van der Waals surface area contributed by atoms with Crippen LogP contribution in [0.4, 0.5) is 11.4 Å². The summed E-state index contributed by atoms with van der Waals surface area (Å²) in [5.74, 6) is -0.181. The summed E-state index contributed by atoms with van der Waals surface area (Å²) in [4.78, 5) is 25.4. The van der Waals surface area contributed by atoms with Crippen LogP contribution in [0.15, 0.2) is 36.4 Å². The third-order valence-electron chi connectivity index (χ3n) is 3.78. The van der Waals surface area contributed by atoms with Gasteiger partial charge in [0.15, 0.2) is 11.6 Å². The number of anilines is 2. The Morgan fingerprint density at radius 3 is 1.45 bits per heavy atom. The van der Waals surface area contributed by atoms with Gasteiger partial charge in [0.05, 0.1) is 0 Å². The number of ketones is 2. The molecule has 0 unspecified atom stereocenters. The van der Waals surface area contributed by atoms with Crippen LogP contribution in [0.5, 0.6) is 0 Å². The first kappa shape index (κ1) is 14.3. The number of rotatable bonds is 4. The standard InChI is InChI=1S/C18H18N2O2/c1-3-19-11-5-7-13-15(9-11)17(21)14-8-6-12(20-4-2)10-16(14)18(13)22/h5-10,19-20H,3-4H2,1-2H3. The molecule has 0 radical (unpaired) electrons. The third-order valence-corrected chi connectivity index (χ3v) is 3.78. The highest BCUT2D eigenvalue weighted by Crippen LogP contribution is 2.30. The fourth-order valence-corrected chi connectivity index (χ4v) is 2.78. The average Bonchev–Trinajstić information content (AvgIpc) is 2.53. The van der Waals surface area contributed by atoms with Crippen LogP contribution in [0.2, 0.25) is 0 Å². The molecule has 0 saturated carbocycles. The van der Waals surface area contributed by atoms with Crippen LogP contribution in [-0.2, 0) is 0 Å². The molecule has 0 aliphatic heterocycles. The molecule has 1 aliphatic carbocycles. The minimum absolute atomic E-state index is 0.0904. The van der Waals surface area contributed by atoms with E-state index >= 15 is 0 Å².